The highest BCUT2D eigenvalue weighted by Crippen LogP contribution is 2.39. The summed E-state index contributed by atoms with van der Waals surface area (Å²) in [7, 11) is 0. The number of fused-ring (bicyclic) bond motifs is 2. The molecular formula is C14H16F3NO. The van der Waals surface area contributed by atoms with E-state index in [0.717, 1.165) is 12.8 Å². The summed E-state index contributed by atoms with van der Waals surface area (Å²) in [4.78, 5) is 0. The van der Waals surface area contributed by atoms with Crippen LogP contribution in [0, 0.1) is 0 Å². The van der Waals surface area contributed by atoms with E-state index in [9.17, 15) is 13.2 Å². The minimum atomic E-state index is -4.29. The number of hydrogen-bond acceptors (Lipinski definition) is 2. The number of hydrogen-bond donors (Lipinski definition) is 1. The largest absolute Gasteiger partial charge is 0.407 e. The van der Waals surface area contributed by atoms with Crippen molar-refractivity contribution in [2.24, 2.45) is 0 Å². The molecule has 3 rings (SSSR count). The summed E-state index contributed by atoms with van der Waals surface area (Å²) in [6.45, 7) is 0. The standard InChI is InChI=1S/C14H16F3NO/c15-14(16,17)13(9-4-2-1-3-5-9)18-11-8-10-6-7-12(11)19-10/h1-5,10-13,18H,6-8H2. The van der Waals surface area contributed by atoms with Crippen molar-refractivity contribution in [1.29, 1.82) is 0 Å². The Morgan fingerprint density at radius 3 is 2.42 bits per heavy atom. The molecule has 2 heterocycles. The van der Waals surface area contributed by atoms with Gasteiger partial charge in [0.1, 0.15) is 6.04 Å². The molecule has 2 bridgehead atoms. The molecule has 0 radical (unpaired) electrons. The SMILES string of the molecule is FC(F)(F)C(NC1CC2CCC1O2)c1ccccc1. The summed E-state index contributed by atoms with van der Waals surface area (Å²) < 4.78 is 45.2. The third-order valence-electron chi connectivity index (χ3n) is 3.95. The predicted octanol–water partition coefficient (Wildman–Crippen LogP) is 3.20. The molecule has 4 atom stereocenters. The molecule has 2 fully saturated rings. The molecule has 1 aromatic carbocycles. The van der Waals surface area contributed by atoms with Crippen molar-refractivity contribution in [3.05, 3.63) is 35.9 Å². The molecular weight excluding hydrogens is 255 g/mol. The van der Waals surface area contributed by atoms with E-state index in [2.05, 4.69) is 5.32 Å². The van der Waals surface area contributed by atoms with E-state index < -0.39 is 12.2 Å². The van der Waals surface area contributed by atoms with Crippen LogP contribution in [-0.2, 0) is 4.74 Å². The van der Waals surface area contributed by atoms with E-state index in [0.29, 0.717) is 6.42 Å². The highest BCUT2D eigenvalue weighted by atomic mass is 19.4. The molecule has 104 valence electrons. The lowest BCUT2D eigenvalue weighted by molar-refractivity contribution is -0.160. The second-order valence-corrected chi connectivity index (χ2v) is 5.27. The molecule has 1 aromatic rings. The minimum absolute atomic E-state index is 0.0569. The first-order valence-electron chi connectivity index (χ1n) is 6.57. The zero-order valence-electron chi connectivity index (χ0n) is 10.4. The molecule has 0 amide bonds. The van der Waals surface area contributed by atoms with E-state index in [-0.39, 0.29) is 23.8 Å². The molecule has 0 saturated carbocycles. The second kappa shape index (κ2) is 4.80. The van der Waals surface area contributed by atoms with Crippen molar-refractivity contribution in [2.75, 3.05) is 0 Å². The normalized spacial score (nSPS) is 31.6. The van der Waals surface area contributed by atoms with Gasteiger partial charge >= 0.3 is 6.18 Å². The van der Waals surface area contributed by atoms with Gasteiger partial charge in [-0.05, 0) is 24.8 Å². The van der Waals surface area contributed by atoms with Gasteiger partial charge in [-0.15, -0.1) is 0 Å². The molecule has 2 aliphatic rings. The average molecular weight is 271 g/mol. The van der Waals surface area contributed by atoms with Crippen molar-refractivity contribution in [3.63, 3.8) is 0 Å². The van der Waals surface area contributed by atoms with Crippen molar-refractivity contribution >= 4 is 0 Å². The maximum absolute atomic E-state index is 13.2. The molecule has 4 unspecified atom stereocenters. The fraction of sp³-hybridized carbons (Fsp3) is 0.571. The lowest BCUT2D eigenvalue weighted by Crippen LogP contribution is -2.45. The Morgan fingerprint density at radius 2 is 1.89 bits per heavy atom. The summed E-state index contributed by atoms with van der Waals surface area (Å²) in [6, 6.07) is 6.21. The lowest BCUT2D eigenvalue weighted by Gasteiger charge is -2.28. The zero-order valence-corrected chi connectivity index (χ0v) is 10.4. The van der Waals surface area contributed by atoms with E-state index >= 15 is 0 Å². The first kappa shape index (κ1) is 12.9. The topological polar surface area (TPSA) is 21.3 Å². The Balaban J connectivity index is 1.77. The summed E-state index contributed by atoms with van der Waals surface area (Å²) in [5.74, 6) is 0. The van der Waals surface area contributed by atoms with Crippen molar-refractivity contribution in [3.8, 4) is 0 Å². The first-order chi connectivity index (χ1) is 9.04. The van der Waals surface area contributed by atoms with Crippen LogP contribution >= 0.6 is 0 Å². The monoisotopic (exact) mass is 271 g/mol. The smallest absolute Gasteiger partial charge is 0.373 e. The number of nitrogens with one attached hydrogen (secondary N) is 1. The van der Waals surface area contributed by atoms with E-state index in [4.69, 9.17) is 4.74 Å². The Morgan fingerprint density at radius 1 is 1.16 bits per heavy atom. The van der Waals surface area contributed by atoms with Crippen LogP contribution in [-0.4, -0.2) is 24.4 Å². The Labute approximate surface area is 109 Å². The van der Waals surface area contributed by atoms with Crippen LogP contribution in [0.4, 0.5) is 13.2 Å². The van der Waals surface area contributed by atoms with Gasteiger partial charge in [0.25, 0.3) is 0 Å². The lowest BCUT2D eigenvalue weighted by atomic mass is 9.94. The second-order valence-electron chi connectivity index (χ2n) is 5.27. The zero-order chi connectivity index (χ0) is 13.5. The van der Waals surface area contributed by atoms with E-state index in [1.54, 1.807) is 18.2 Å². The Kier molecular flexibility index (Phi) is 3.27. The molecule has 0 aromatic heterocycles. The molecule has 2 nitrogen and oxygen atoms in total. The third-order valence-corrected chi connectivity index (χ3v) is 3.95. The van der Waals surface area contributed by atoms with Gasteiger partial charge in [-0.3, -0.25) is 5.32 Å². The summed E-state index contributed by atoms with van der Waals surface area (Å²) >= 11 is 0. The molecule has 2 aliphatic heterocycles. The van der Waals surface area contributed by atoms with Gasteiger partial charge in [-0.25, -0.2) is 0 Å². The maximum Gasteiger partial charge on any atom is 0.407 e. The van der Waals surface area contributed by atoms with Gasteiger partial charge < -0.3 is 4.74 Å². The maximum atomic E-state index is 13.2. The van der Waals surface area contributed by atoms with Crippen molar-refractivity contribution in [2.45, 2.75) is 49.7 Å². The summed E-state index contributed by atoms with van der Waals surface area (Å²) in [5, 5.41) is 2.75. The summed E-state index contributed by atoms with van der Waals surface area (Å²) in [6.07, 6.45) is -1.68. The molecule has 1 N–H and O–H groups in total. The van der Waals surface area contributed by atoms with Crippen LogP contribution in [0.3, 0.4) is 0 Å². The number of rotatable bonds is 3. The van der Waals surface area contributed by atoms with Gasteiger partial charge in [-0.2, -0.15) is 13.2 Å². The Bertz CT molecular complexity index is 434. The van der Waals surface area contributed by atoms with Crippen molar-refractivity contribution < 1.29 is 17.9 Å². The van der Waals surface area contributed by atoms with Crippen LogP contribution in [0.25, 0.3) is 0 Å². The minimum Gasteiger partial charge on any atom is -0.373 e. The molecule has 19 heavy (non-hydrogen) atoms. The van der Waals surface area contributed by atoms with Crippen LogP contribution in [0.1, 0.15) is 30.9 Å². The molecule has 2 saturated heterocycles. The van der Waals surface area contributed by atoms with Gasteiger partial charge in [0.15, 0.2) is 0 Å². The number of ether oxygens (including phenoxy) is 1. The average Bonchev–Trinajstić information content (AvgIpc) is 2.97. The number of benzene rings is 1. The Hall–Kier alpha value is -1.07. The predicted molar refractivity (Wildman–Crippen MR) is 64.7 cm³/mol. The first-order valence-corrected chi connectivity index (χ1v) is 6.57. The third kappa shape index (κ3) is 2.62. The van der Waals surface area contributed by atoms with E-state index in [1.165, 1.54) is 12.1 Å². The molecule has 0 spiro atoms. The molecule has 5 heteroatoms. The van der Waals surface area contributed by atoms with E-state index in [1.807, 2.05) is 0 Å². The van der Waals surface area contributed by atoms with Crippen LogP contribution in [0.15, 0.2) is 30.3 Å². The number of halogens is 3. The highest BCUT2D eigenvalue weighted by molar-refractivity contribution is 5.21. The fourth-order valence-electron chi connectivity index (χ4n) is 3.05. The van der Waals surface area contributed by atoms with Crippen LogP contribution in [0.5, 0.6) is 0 Å². The van der Waals surface area contributed by atoms with Gasteiger partial charge in [0.05, 0.1) is 12.2 Å². The van der Waals surface area contributed by atoms with Crippen molar-refractivity contribution in [1.82, 2.24) is 5.32 Å². The summed E-state index contributed by atoms with van der Waals surface area (Å²) in [5.41, 5.74) is 0.262. The van der Waals surface area contributed by atoms with Gasteiger partial charge in [0.2, 0.25) is 0 Å². The highest BCUT2D eigenvalue weighted by Gasteiger charge is 2.47. The van der Waals surface area contributed by atoms with Gasteiger partial charge in [-0.1, -0.05) is 30.3 Å². The quantitative estimate of drug-likeness (QED) is 0.911. The number of alkyl halides is 3. The van der Waals surface area contributed by atoms with Gasteiger partial charge in [0, 0.05) is 6.04 Å². The fourth-order valence-corrected chi connectivity index (χ4v) is 3.05. The molecule has 0 aliphatic carbocycles. The van der Waals surface area contributed by atoms with Crippen LogP contribution < -0.4 is 5.32 Å². The van der Waals surface area contributed by atoms with Crippen LogP contribution in [0.2, 0.25) is 0 Å².